The van der Waals surface area contributed by atoms with Crippen molar-refractivity contribution >= 4 is 46.7 Å². The molecule has 0 aliphatic carbocycles. The predicted molar refractivity (Wildman–Crippen MR) is 115 cm³/mol. The molecule has 1 amide bonds. The number of pyridine rings is 1. The molecule has 0 spiro atoms. The molecule has 0 saturated heterocycles. The molecule has 2 heterocycles. The molecular formula is C19H16Cl2FN5O2S. The van der Waals surface area contributed by atoms with Crippen LogP contribution in [0.5, 0.6) is 5.75 Å². The largest absolute Gasteiger partial charge is 0.486 e. The van der Waals surface area contributed by atoms with Gasteiger partial charge in [-0.3, -0.25) is 9.36 Å². The summed E-state index contributed by atoms with van der Waals surface area (Å²) in [6, 6.07) is 7.33. The second-order valence-corrected chi connectivity index (χ2v) is 7.65. The topological polar surface area (TPSA) is 81.9 Å². The quantitative estimate of drug-likeness (QED) is 0.365. The van der Waals surface area contributed by atoms with Crippen LogP contribution in [0.2, 0.25) is 10.0 Å². The number of aromatic nitrogens is 4. The van der Waals surface area contributed by atoms with Crippen molar-refractivity contribution < 1.29 is 13.9 Å². The number of amides is 1. The molecule has 0 radical (unpaired) electrons. The zero-order valence-electron chi connectivity index (χ0n) is 15.5. The lowest BCUT2D eigenvalue weighted by atomic mass is 10.3. The molecule has 0 atom stereocenters. The van der Waals surface area contributed by atoms with Gasteiger partial charge >= 0.3 is 0 Å². The zero-order chi connectivity index (χ0) is 21.5. The molecule has 3 rings (SSSR count). The summed E-state index contributed by atoms with van der Waals surface area (Å²) in [5, 5.41) is 11.9. The van der Waals surface area contributed by atoms with Crippen molar-refractivity contribution in [3.63, 3.8) is 0 Å². The van der Waals surface area contributed by atoms with E-state index in [4.69, 9.17) is 27.9 Å². The van der Waals surface area contributed by atoms with Crippen LogP contribution in [0.4, 0.5) is 10.2 Å². The average Bonchev–Trinajstić information content (AvgIpc) is 3.11. The number of carbonyl (C=O) groups excluding carboxylic acids is 1. The van der Waals surface area contributed by atoms with Gasteiger partial charge in [-0.25, -0.2) is 9.37 Å². The highest BCUT2D eigenvalue weighted by atomic mass is 35.5. The van der Waals surface area contributed by atoms with Gasteiger partial charge in [-0.2, -0.15) is 0 Å². The van der Waals surface area contributed by atoms with Crippen molar-refractivity contribution in [1.82, 2.24) is 19.7 Å². The van der Waals surface area contributed by atoms with E-state index in [1.165, 1.54) is 36.2 Å². The second-order valence-electron chi connectivity index (χ2n) is 5.86. The van der Waals surface area contributed by atoms with Crippen LogP contribution in [-0.4, -0.2) is 31.4 Å². The highest BCUT2D eigenvalue weighted by molar-refractivity contribution is 7.99. The fourth-order valence-corrected chi connectivity index (χ4v) is 3.37. The molecule has 2 aromatic heterocycles. The van der Waals surface area contributed by atoms with E-state index in [1.54, 1.807) is 22.8 Å². The number of thioether (sulfide) groups is 1. The summed E-state index contributed by atoms with van der Waals surface area (Å²) in [6.07, 6.45) is 3.13. The lowest BCUT2D eigenvalue weighted by molar-refractivity contribution is -0.113. The molecule has 30 heavy (non-hydrogen) atoms. The number of nitrogens with one attached hydrogen (secondary N) is 1. The molecule has 0 fully saturated rings. The molecule has 1 N–H and O–H groups in total. The first-order chi connectivity index (χ1) is 14.5. The molecule has 0 saturated carbocycles. The van der Waals surface area contributed by atoms with Crippen molar-refractivity contribution in [1.29, 1.82) is 0 Å². The Bertz CT molecular complexity index is 1050. The molecular weight excluding hydrogens is 452 g/mol. The number of hydrogen-bond acceptors (Lipinski definition) is 6. The lowest BCUT2D eigenvalue weighted by Crippen LogP contribution is -2.15. The Morgan fingerprint density at radius 3 is 2.83 bits per heavy atom. The van der Waals surface area contributed by atoms with Gasteiger partial charge in [0.15, 0.2) is 11.0 Å². The molecule has 7 nitrogen and oxygen atoms in total. The molecule has 0 bridgehead atoms. The Balaban J connectivity index is 1.61. The van der Waals surface area contributed by atoms with Crippen molar-refractivity contribution in [3.05, 3.63) is 70.9 Å². The van der Waals surface area contributed by atoms with Crippen LogP contribution in [-0.2, 0) is 17.9 Å². The van der Waals surface area contributed by atoms with E-state index < -0.39 is 5.82 Å². The lowest BCUT2D eigenvalue weighted by Gasteiger charge is -2.09. The molecule has 0 aliphatic heterocycles. The molecule has 0 aliphatic rings. The number of halogens is 3. The fourth-order valence-electron chi connectivity index (χ4n) is 2.32. The van der Waals surface area contributed by atoms with Gasteiger partial charge < -0.3 is 10.1 Å². The fraction of sp³-hybridized carbons (Fsp3) is 0.158. The van der Waals surface area contributed by atoms with Crippen molar-refractivity contribution in [3.8, 4) is 5.75 Å². The predicted octanol–water partition coefficient (Wildman–Crippen LogP) is 4.61. The van der Waals surface area contributed by atoms with E-state index in [0.29, 0.717) is 34.1 Å². The van der Waals surface area contributed by atoms with E-state index in [0.717, 1.165) is 0 Å². The zero-order valence-corrected chi connectivity index (χ0v) is 17.8. The third-order valence-electron chi connectivity index (χ3n) is 3.69. The maximum Gasteiger partial charge on any atom is 0.236 e. The number of ether oxygens (including phenoxy) is 1. The number of rotatable bonds is 9. The van der Waals surface area contributed by atoms with Gasteiger partial charge in [-0.05, 0) is 24.3 Å². The van der Waals surface area contributed by atoms with Crippen molar-refractivity contribution in [2.24, 2.45) is 0 Å². The third kappa shape index (κ3) is 5.94. The van der Waals surface area contributed by atoms with Crippen LogP contribution >= 0.6 is 35.0 Å². The molecule has 11 heteroatoms. The summed E-state index contributed by atoms with van der Waals surface area (Å²) >= 11 is 12.8. The first-order valence-electron chi connectivity index (χ1n) is 8.61. The summed E-state index contributed by atoms with van der Waals surface area (Å²) < 4.78 is 20.7. The highest BCUT2D eigenvalue weighted by Gasteiger charge is 2.15. The van der Waals surface area contributed by atoms with Crippen molar-refractivity contribution in [2.75, 3.05) is 11.1 Å². The molecule has 156 valence electrons. The number of allylic oxidation sites excluding steroid dienone is 1. The summed E-state index contributed by atoms with van der Waals surface area (Å²) in [7, 11) is 0. The summed E-state index contributed by atoms with van der Waals surface area (Å²) in [5.41, 5.74) is 0. The monoisotopic (exact) mass is 467 g/mol. The van der Waals surface area contributed by atoms with Gasteiger partial charge in [0.25, 0.3) is 0 Å². The Labute approximate surface area is 186 Å². The van der Waals surface area contributed by atoms with Crippen LogP contribution in [0.15, 0.2) is 54.3 Å². The normalized spacial score (nSPS) is 10.6. The number of anilines is 1. The number of benzene rings is 1. The smallest absolute Gasteiger partial charge is 0.236 e. The van der Waals surface area contributed by atoms with E-state index >= 15 is 0 Å². The SMILES string of the molecule is C=CCn1c(COc2ccc(F)c(Cl)c2)nnc1SCC(=O)Nc1ccc(Cl)cn1. The summed E-state index contributed by atoms with van der Waals surface area (Å²) in [4.78, 5) is 16.2. The van der Waals surface area contributed by atoms with Gasteiger partial charge in [-0.1, -0.05) is 41.0 Å². The minimum absolute atomic E-state index is 0.0301. The first kappa shape index (κ1) is 22.1. The minimum Gasteiger partial charge on any atom is -0.486 e. The van der Waals surface area contributed by atoms with Gasteiger partial charge in [0.2, 0.25) is 5.91 Å². The number of nitrogens with zero attached hydrogens (tertiary/aromatic N) is 4. The second kappa shape index (κ2) is 10.4. The van der Waals surface area contributed by atoms with Crippen LogP contribution in [0.25, 0.3) is 0 Å². The van der Waals surface area contributed by atoms with Crippen LogP contribution < -0.4 is 10.1 Å². The van der Waals surface area contributed by atoms with Crippen molar-refractivity contribution in [2.45, 2.75) is 18.3 Å². The average molecular weight is 468 g/mol. The van der Waals surface area contributed by atoms with Gasteiger partial charge in [-0.15, -0.1) is 16.8 Å². The minimum atomic E-state index is -0.524. The maximum absolute atomic E-state index is 13.3. The summed E-state index contributed by atoms with van der Waals surface area (Å²) in [6.45, 7) is 4.25. The van der Waals surface area contributed by atoms with Crippen LogP contribution in [0, 0.1) is 5.82 Å². The number of carbonyl (C=O) groups is 1. The first-order valence-corrected chi connectivity index (χ1v) is 10.4. The molecule has 0 unspecified atom stereocenters. The van der Waals surface area contributed by atoms with E-state index in [-0.39, 0.29) is 23.3 Å². The highest BCUT2D eigenvalue weighted by Crippen LogP contribution is 2.23. The number of hydrogen-bond donors (Lipinski definition) is 1. The summed E-state index contributed by atoms with van der Waals surface area (Å²) in [5.74, 6) is 0.667. The Morgan fingerprint density at radius 2 is 2.13 bits per heavy atom. The van der Waals surface area contributed by atoms with Crippen LogP contribution in [0.3, 0.4) is 0 Å². The van der Waals surface area contributed by atoms with E-state index in [2.05, 4.69) is 27.1 Å². The molecule has 3 aromatic rings. The van der Waals surface area contributed by atoms with E-state index in [1.807, 2.05) is 0 Å². The Kier molecular flexibility index (Phi) is 7.67. The van der Waals surface area contributed by atoms with E-state index in [9.17, 15) is 9.18 Å². The standard InChI is InChI=1S/C19H16Cl2FN5O2S/c1-2-7-27-17(10-29-13-4-5-15(22)14(21)8-13)25-26-19(27)30-11-18(28)24-16-6-3-12(20)9-23-16/h2-6,8-9H,1,7,10-11H2,(H,23,24,28). The van der Waals surface area contributed by atoms with Gasteiger partial charge in [0.05, 0.1) is 15.8 Å². The van der Waals surface area contributed by atoms with Crippen LogP contribution in [0.1, 0.15) is 5.82 Å². The van der Waals surface area contributed by atoms with Gasteiger partial charge in [0.1, 0.15) is 24.0 Å². The van der Waals surface area contributed by atoms with Gasteiger partial charge in [0, 0.05) is 18.8 Å². The maximum atomic E-state index is 13.3. The Hall–Kier alpha value is -2.62. The Morgan fingerprint density at radius 1 is 1.30 bits per heavy atom. The third-order valence-corrected chi connectivity index (χ3v) is 5.17. The molecule has 1 aromatic carbocycles.